The minimum Gasteiger partial charge on any atom is -0.465 e. The van der Waals surface area contributed by atoms with Crippen molar-refractivity contribution in [3.05, 3.63) is 34.1 Å². The summed E-state index contributed by atoms with van der Waals surface area (Å²) in [5, 5.41) is 0. The van der Waals surface area contributed by atoms with Gasteiger partial charge in [0.2, 0.25) is 0 Å². The Morgan fingerprint density at radius 2 is 2.06 bits per heavy atom. The number of hydrogen-bond acceptors (Lipinski definition) is 3. The monoisotopic (exact) mass is 316 g/mol. The number of carbonyl (C=O) groups excluding carboxylic acids is 2. The summed E-state index contributed by atoms with van der Waals surface area (Å²) in [5.74, 6) is -2.77. The number of hydrogen-bond donors (Lipinski definition) is 0. The standard InChI is InChI=1S/C13H14BrFO3/c1-3-8(13(17)18-4-2)12(16)11-9(14)6-5-7-10(11)15/h5-8H,3-4H2,1-2H3. The highest BCUT2D eigenvalue weighted by Crippen LogP contribution is 2.24. The Kier molecular flexibility index (Phi) is 5.47. The predicted molar refractivity (Wildman–Crippen MR) is 68.8 cm³/mol. The van der Waals surface area contributed by atoms with Gasteiger partial charge in [0.05, 0.1) is 12.2 Å². The molecule has 98 valence electrons. The third-order valence-electron chi connectivity index (χ3n) is 2.51. The highest BCUT2D eigenvalue weighted by atomic mass is 79.9. The van der Waals surface area contributed by atoms with Gasteiger partial charge in [-0.15, -0.1) is 0 Å². The Bertz CT molecular complexity index is 439. The summed E-state index contributed by atoms with van der Waals surface area (Å²) in [4.78, 5) is 23.8. The molecule has 18 heavy (non-hydrogen) atoms. The van der Waals surface area contributed by atoms with Gasteiger partial charge in [0, 0.05) is 4.47 Å². The first-order valence-electron chi connectivity index (χ1n) is 5.67. The van der Waals surface area contributed by atoms with Crippen LogP contribution in [-0.2, 0) is 9.53 Å². The van der Waals surface area contributed by atoms with Crippen molar-refractivity contribution in [2.24, 2.45) is 5.92 Å². The van der Waals surface area contributed by atoms with Crippen molar-refractivity contribution in [2.75, 3.05) is 6.61 Å². The summed E-state index contributed by atoms with van der Waals surface area (Å²) in [6.07, 6.45) is 0.276. The lowest BCUT2D eigenvalue weighted by atomic mass is 9.95. The molecule has 0 heterocycles. The van der Waals surface area contributed by atoms with Crippen LogP contribution in [0.5, 0.6) is 0 Å². The molecule has 0 spiro atoms. The van der Waals surface area contributed by atoms with Gasteiger partial charge in [0.1, 0.15) is 11.7 Å². The van der Waals surface area contributed by atoms with E-state index in [0.29, 0.717) is 4.47 Å². The van der Waals surface area contributed by atoms with E-state index in [2.05, 4.69) is 15.9 Å². The van der Waals surface area contributed by atoms with E-state index in [4.69, 9.17) is 4.74 Å². The lowest BCUT2D eigenvalue weighted by Gasteiger charge is -2.13. The summed E-state index contributed by atoms with van der Waals surface area (Å²) in [6, 6.07) is 4.24. The van der Waals surface area contributed by atoms with Crippen molar-refractivity contribution >= 4 is 27.7 Å². The maximum Gasteiger partial charge on any atom is 0.316 e. The number of carbonyl (C=O) groups is 2. The normalized spacial score (nSPS) is 12.0. The Morgan fingerprint density at radius 3 is 2.56 bits per heavy atom. The van der Waals surface area contributed by atoms with Crippen LogP contribution in [0.25, 0.3) is 0 Å². The SMILES string of the molecule is CCOC(=O)C(CC)C(=O)c1c(F)cccc1Br. The Hall–Kier alpha value is -1.23. The van der Waals surface area contributed by atoms with E-state index in [-0.39, 0.29) is 18.6 Å². The Morgan fingerprint density at radius 1 is 1.39 bits per heavy atom. The molecule has 0 saturated heterocycles. The van der Waals surface area contributed by atoms with Crippen molar-refractivity contribution in [3.63, 3.8) is 0 Å². The van der Waals surface area contributed by atoms with Crippen LogP contribution in [-0.4, -0.2) is 18.4 Å². The quantitative estimate of drug-likeness (QED) is 0.475. The first kappa shape index (κ1) is 14.8. The minimum absolute atomic E-state index is 0.0996. The highest BCUT2D eigenvalue weighted by molar-refractivity contribution is 9.10. The second-order valence-electron chi connectivity index (χ2n) is 3.67. The summed E-state index contributed by atoms with van der Waals surface area (Å²) in [5.41, 5.74) is -0.0996. The van der Waals surface area contributed by atoms with Gasteiger partial charge in [-0.25, -0.2) is 4.39 Å². The molecular formula is C13H14BrFO3. The fourth-order valence-electron chi connectivity index (χ4n) is 1.61. The van der Waals surface area contributed by atoms with E-state index < -0.39 is 23.5 Å². The molecule has 0 aliphatic heterocycles. The smallest absolute Gasteiger partial charge is 0.316 e. The summed E-state index contributed by atoms with van der Waals surface area (Å²) < 4.78 is 18.8. The van der Waals surface area contributed by atoms with Crippen LogP contribution in [0, 0.1) is 11.7 Å². The fraction of sp³-hybridized carbons (Fsp3) is 0.385. The van der Waals surface area contributed by atoms with Crippen LogP contribution in [0.3, 0.4) is 0 Å². The number of rotatable bonds is 5. The molecule has 1 aromatic carbocycles. The Balaban J connectivity index is 3.08. The third kappa shape index (κ3) is 3.16. The molecule has 0 radical (unpaired) electrons. The van der Waals surface area contributed by atoms with Crippen molar-refractivity contribution in [1.29, 1.82) is 0 Å². The molecule has 0 fully saturated rings. The molecule has 0 aliphatic rings. The van der Waals surface area contributed by atoms with Crippen LogP contribution in [0.2, 0.25) is 0 Å². The lowest BCUT2D eigenvalue weighted by molar-refractivity contribution is -0.146. The number of halogens is 2. The summed E-state index contributed by atoms with van der Waals surface area (Å²) >= 11 is 3.12. The number of Topliss-reactive ketones (excluding diaryl/α,β-unsaturated/α-hetero) is 1. The van der Waals surface area contributed by atoms with Gasteiger partial charge >= 0.3 is 5.97 Å². The van der Waals surface area contributed by atoms with Gasteiger partial charge < -0.3 is 4.74 Å². The molecule has 1 aromatic rings. The van der Waals surface area contributed by atoms with E-state index in [1.807, 2.05) is 0 Å². The van der Waals surface area contributed by atoms with E-state index in [1.165, 1.54) is 12.1 Å². The molecule has 1 unspecified atom stereocenters. The van der Waals surface area contributed by atoms with Gasteiger partial charge in [-0.05, 0) is 41.4 Å². The summed E-state index contributed by atoms with van der Waals surface area (Å²) in [6.45, 7) is 3.55. The van der Waals surface area contributed by atoms with E-state index in [9.17, 15) is 14.0 Å². The number of esters is 1. The second-order valence-corrected chi connectivity index (χ2v) is 4.53. The van der Waals surface area contributed by atoms with Crippen LogP contribution in [0.1, 0.15) is 30.6 Å². The zero-order valence-electron chi connectivity index (χ0n) is 10.2. The first-order chi connectivity index (χ1) is 8.52. The maximum atomic E-state index is 13.6. The molecule has 0 saturated carbocycles. The second kappa shape index (κ2) is 6.64. The van der Waals surface area contributed by atoms with E-state index in [0.717, 1.165) is 0 Å². The predicted octanol–water partition coefficient (Wildman–Crippen LogP) is 3.36. The van der Waals surface area contributed by atoms with Crippen LogP contribution in [0.15, 0.2) is 22.7 Å². The van der Waals surface area contributed by atoms with Crippen molar-refractivity contribution in [2.45, 2.75) is 20.3 Å². The Labute approximate surface area is 113 Å². The van der Waals surface area contributed by atoms with E-state index in [1.54, 1.807) is 19.9 Å². The molecule has 3 nitrogen and oxygen atoms in total. The molecule has 5 heteroatoms. The molecule has 1 rings (SSSR count). The van der Waals surface area contributed by atoms with Gasteiger partial charge in [-0.2, -0.15) is 0 Å². The maximum absolute atomic E-state index is 13.6. The topological polar surface area (TPSA) is 43.4 Å². The average Bonchev–Trinajstić information content (AvgIpc) is 2.30. The highest BCUT2D eigenvalue weighted by Gasteiger charge is 2.30. The third-order valence-corrected chi connectivity index (χ3v) is 3.17. The molecule has 1 atom stereocenters. The fourth-order valence-corrected chi connectivity index (χ4v) is 2.15. The van der Waals surface area contributed by atoms with Crippen molar-refractivity contribution in [3.8, 4) is 0 Å². The number of ketones is 1. The van der Waals surface area contributed by atoms with Gasteiger partial charge in [-0.1, -0.05) is 13.0 Å². The zero-order valence-corrected chi connectivity index (χ0v) is 11.8. The largest absolute Gasteiger partial charge is 0.465 e. The number of benzene rings is 1. The van der Waals surface area contributed by atoms with Gasteiger partial charge in [0.25, 0.3) is 0 Å². The molecule has 0 aromatic heterocycles. The molecule has 0 aliphatic carbocycles. The summed E-state index contributed by atoms with van der Waals surface area (Å²) in [7, 11) is 0. The number of ether oxygens (including phenoxy) is 1. The lowest BCUT2D eigenvalue weighted by Crippen LogP contribution is -2.26. The molecule has 0 amide bonds. The zero-order chi connectivity index (χ0) is 13.7. The van der Waals surface area contributed by atoms with Crippen molar-refractivity contribution < 1.29 is 18.7 Å². The molecular weight excluding hydrogens is 303 g/mol. The van der Waals surface area contributed by atoms with Crippen molar-refractivity contribution in [1.82, 2.24) is 0 Å². The van der Waals surface area contributed by atoms with Crippen LogP contribution >= 0.6 is 15.9 Å². The van der Waals surface area contributed by atoms with Gasteiger partial charge in [0.15, 0.2) is 5.78 Å². The minimum atomic E-state index is -0.960. The van der Waals surface area contributed by atoms with Crippen LogP contribution in [0.4, 0.5) is 4.39 Å². The molecule has 0 bridgehead atoms. The van der Waals surface area contributed by atoms with Gasteiger partial charge in [-0.3, -0.25) is 9.59 Å². The van der Waals surface area contributed by atoms with E-state index >= 15 is 0 Å². The average molecular weight is 317 g/mol. The first-order valence-corrected chi connectivity index (χ1v) is 6.47. The molecule has 0 N–H and O–H groups in total. The van der Waals surface area contributed by atoms with Crippen LogP contribution < -0.4 is 0 Å².